The van der Waals surface area contributed by atoms with Gasteiger partial charge in [-0.3, -0.25) is 0 Å². The first-order valence-corrected chi connectivity index (χ1v) is 16.7. The van der Waals surface area contributed by atoms with Crippen molar-refractivity contribution in [3.63, 3.8) is 0 Å². The average molecular weight is 549 g/mol. The molecule has 0 bridgehead atoms. The molecule has 0 aliphatic heterocycles. The van der Waals surface area contributed by atoms with E-state index in [2.05, 4.69) is 35.8 Å². The summed E-state index contributed by atoms with van der Waals surface area (Å²) < 4.78 is 0. The second-order valence-electron chi connectivity index (χ2n) is 12.5. The number of fused-ring (bicyclic) bond motifs is 2. The van der Waals surface area contributed by atoms with Gasteiger partial charge in [-0.2, -0.15) is 0 Å². The Morgan fingerprint density at radius 1 is 0.575 bits per heavy atom. The Labute approximate surface area is 244 Å². The number of phenolic OH excluding ortho intramolecular Hbond substituents is 2. The van der Waals surface area contributed by atoms with Gasteiger partial charge in [-0.25, -0.2) is 0 Å². The van der Waals surface area contributed by atoms with Gasteiger partial charge in [-0.05, 0) is 125 Å². The van der Waals surface area contributed by atoms with Crippen molar-refractivity contribution in [2.75, 3.05) is 26.2 Å². The Balaban J connectivity index is 1.07. The molecule has 222 valence electrons. The first-order chi connectivity index (χ1) is 19.6. The number of unbranched alkanes of at least 4 members (excludes halogenated alkanes) is 7. The molecule has 2 aliphatic carbocycles. The lowest BCUT2D eigenvalue weighted by Crippen LogP contribution is -2.40. The molecule has 2 aliphatic rings. The molecule has 40 heavy (non-hydrogen) atoms. The number of hydrogen-bond acceptors (Lipinski definition) is 4. The maximum atomic E-state index is 10.2. The summed E-state index contributed by atoms with van der Waals surface area (Å²) in [6.45, 7) is 9.46. The van der Waals surface area contributed by atoms with E-state index in [0.717, 1.165) is 25.7 Å². The summed E-state index contributed by atoms with van der Waals surface area (Å²) in [6, 6.07) is 13.4. The molecule has 0 spiro atoms. The molecule has 4 rings (SSSR count). The quantitative estimate of drug-likeness (QED) is 0.196. The molecule has 0 radical (unpaired) electrons. The van der Waals surface area contributed by atoms with Crippen LogP contribution in [0, 0.1) is 0 Å². The molecule has 2 aromatic rings. The molecule has 0 saturated carbocycles. The number of aromatic hydroxyl groups is 2. The molecule has 2 aromatic carbocycles. The Morgan fingerprint density at radius 2 is 0.975 bits per heavy atom. The van der Waals surface area contributed by atoms with Gasteiger partial charge in [0.25, 0.3) is 0 Å². The highest BCUT2D eigenvalue weighted by Crippen LogP contribution is 2.32. The third-order valence-corrected chi connectivity index (χ3v) is 9.56. The van der Waals surface area contributed by atoms with Gasteiger partial charge in [0.05, 0.1) is 0 Å². The molecular weight excluding hydrogens is 492 g/mol. The van der Waals surface area contributed by atoms with Crippen LogP contribution in [0.3, 0.4) is 0 Å². The number of rotatable bonds is 17. The molecule has 2 N–H and O–H groups in total. The molecule has 0 unspecified atom stereocenters. The standard InChI is InChI=1S/C36H56N2O2/c1-3-23-37(31-19-21-33-29(27-31)15-13-17-35(33)39)25-11-9-7-5-6-8-10-12-26-38(24-4-2)32-20-22-34-30(28-32)16-14-18-36(34)40/h13-18,31-32,39-40H,3-12,19-28H2,1-2H3/t31-,32-/m0/s1. The van der Waals surface area contributed by atoms with Crippen molar-refractivity contribution in [1.29, 1.82) is 0 Å². The van der Waals surface area contributed by atoms with Crippen LogP contribution in [0.4, 0.5) is 0 Å². The second kappa shape index (κ2) is 16.4. The molecule has 4 nitrogen and oxygen atoms in total. The van der Waals surface area contributed by atoms with Gasteiger partial charge in [0.2, 0.25) is 0 Å². The van der Waals surface area contributed by atoms with Gasteiger partial charge in [-0.15, -0.1) is 0 Å². The highest BCUT2D eigenvalue weighted by molar-refractivity contribution is 5.42. The fourth-order valence-electron chi connectivity index (χ4n) is 7.38. The van der Waals surface area contributed by atoms with E-state index in [4.69, 9.17) is 0 Å². The minimum absolute atomic E-state index is 0.494. The van der Waals surface area contributed by atoms with Crippen LogP contribution in [0.15, 0.2) is 36.4 Å². The van der Waals surface area contributed by atoms with Crippen LogP contribution in [0.2, 0.25) is 0 Å². The summed E-state index contributed by atoms with van der Waals surface area (Å²) in [5.41, 5.74) is 5.10. The van der Waals surface area contributed by atoms with Crippen molar-refractivity contribution < 1.29 is 10.2 Å². The zero-order valence-electron chi connectivity index (χ0n) is 25.5. The minimum atomic E-state index is 0.494. The van der Waals surface area contributed by atoms with Crippen molar-refractivity contribution in [2.45, 2.75) is 129 Å². The Hall–Kier alpha value is -2.04. The van der Waals surface area contributed by atoms with Gasteiger partial charge in [-0.1, -0.05) is 76.6 Å². The lowest BCUT2D eigenvalue weighted by molar-refractivity contribution is 0.174. The van der Waals surface area contributed by atoms with E-state index in [1.54, 1.807) is 0 Å². The molecule has 0 amide bonds. The predicted molar refractivity (Wildman–Crippen MR) is 169 cm³/mol. The fourth-order valence-corrected chi connectivity index (χ4v) is 7.38. The van der Waals surface area contributed by atoms with E-state index < -0.39 is 0 Å². The molecule has 0 fully saturated rings. The van der Waals surface area contributed by atoms with Crippen LogP contribution in [-0.4, -0.2) is 58.3 Å². The summed E-state index contributed by atoms with van der Waals surface area (Å²) >= 11 is 0. The molecule has 0 saturated heterocycles. The number of benzene rings is 2. The van der Waals surface area contributed by atoms with E-state index in [-0.39, 0.29) is 0 Å². The summed E-state index contributed by atoms with van der Waals surface area (Å²) in [6.07, 6.45) is 19.9. The van der Waals surface area contributed by atoms with Gasteiger partial charge in [0, 0.05) is 12.1 Å². The van der Waals surface area contributed by atoms with E-state index in [9.17, 15) is 10.2 Å². The Kier molecular flexibility index (Phi) is 12.7. The SMILES string of the molecule is CCCN(CCCCCCCCCCN(CCC)[C@H]1CCc2c(O)cccc2C1)[C@H]1CCc2c(O)cccc2C1. The first kappa shape index (κ1) is 30.9. The Bertz CT molecular complexity index is 940. The zero-order chi connectivity index (χ0) is 28.2. The minimum Gasteiger partial charge on any atom is -0.508 e. The number of nitrogens with zero attached hydrogens (tertiary/aromatic N) is 2. The van der Waals surface area contributed by atoms with Crippen molar-refractivity contribution in [2.24, 2.45) is 0 Å². The lowest BCUT2D eigenvalue weighted by Gasteiger charge is -2.35. The smallest absolute Gasteiger partial charge is 0.119 e. The zero-order valence-corrected chi connectivity index (χ0v) is 25.5. The highest BCUT2D eigenvalue weighted by atomic mass is 16.3. The third-order valence-electron chi connectivity index (χ3n) is 9.56. The summed E-state index contributed by atoms with van der Waals surface area (Å²) in [4.78, 5) is 5.48. The summed E-state index contributed by atoms with van der Waals surface area (Å²) in [7, 11) is 0. The normalized spacial score (nSPS) is 18.7. The number of hydrogen-bond donors (Lipinski definition) is 2. The van der Waals surface area contributed by atoms with Crippen LogP contribution in [-0.2, 0) is 25.7 Å². The fraction of sp³-hybridized carbons (Fsp3) is 0.667. The highest BCUT2D eigenvalue weighted by Gasteiger charge is 2.26. The monoisotopic (exact) mass is 548 g/mol. The van der Waals surface area contributed by atoms with Gasteiger partial charge in [0.1, 0.15) is 11.5 Å². The van der Waals surface area contributed by atoms with Crippen molar-refractivity contribution in [1.82, 2.24) is 9.80 Å². The molecule has 2 atom stereocenters. The number of phenols is 2. The summed E-state index contributed by atoms with van der Waals surface area (Å²) in [5.74, 6) is 0.988. The van der Waals surface area contributed by atoms with E-state index in [0.29, 0.717) is 23.6 Å². The predicted octanol–water partition coefficient (Wildman–Crippen LogP) is 8.06. The van der Waals surface area contributed by atoms with Crippen molar-refractivity contribution >= 4 is 0 Å². The second-order valence-corrected chi connectivity index (χ2v) is 12.5. The molecular formula is C36H56N2O2. The van der Waals surface area contributed by atoms with Crippen LogP contribution in [0.25, 0.3) is 0 Å². The topological polar surface area (TPSA) is 46.9 Å². The van der Waals surface area contributed by atoms with Crippen LogP contribution >= 0.6 is 0 Å². The molecule has 0 aromatic heterocycles. The van der Waals surface area contributed by atoms with Gasteiger partial charge in [0.15, 0.2) is 0 Å². The van der Waals surface area contributed by atoms with E-state index in [1.165, 1.54) is 125 Å². The Morgan fingerprint density at radius 3 is 1.38 bits per heavy atom. The maximum Gasteiger partial charge on any atom is 0.119 e. The largest absolute Gasteiger partial charge is 0.508 e. The van der Waals surface area contributed by atoms with E-state index in [1.807, 2.05) is 24.3 Å². The van der Waals surface area contributed by atoms with Gasteiger partial charge < -0.3 is 20.0 Å². The van der Waals surface area contributed by atoms with Crippen molar-refractivity contribution in [3.05, 3.63) is 58.7 Å². The molecule has 4 heteroatoms. The first-order valence-electron chi connectivity index (χ1n) is 16.7. The molecule has 0 heterocycles. The maximum absolute atomic E-state index is 10.2. The van der Waals surface area contributed by atoms with Gasteiger partial charge >= 0.3 is 0 Å². The van der Waals surface area contributed by atoms with Crippen LogP contribution in [0.5, 0.6) is 11.5 Å². The average Bonchev–Trinajstić information content (AvgIpc) is 2.97. The van der Waals surface area contributed by atoms with E-state index >= 15 is 0 Å². The van der Waals surface area contributed by atoms with Crippen LogP contribution < -0.4 is 0 Å². The van der Waals surface area contributed by atoms with Crippen molar-refractivity contribution in [3.8, 4) is 11.5 Å². The lowest BCUT2D eigenvalue weighted by atomic mass is 9.86. The summed E-state index contributed by atoms with van der Waals surface area (Å²) in [5, 5.41) is 20.4. The van der Waals surface area contributed by atoms with Crippen LogP contribution in [0.1, 0.15) is 113 Å². The third kappa shape index (κ3) is 8.73.